The predicted molar refractivity (Wildman–Crippen MR) is 43.1 cm³/mol. The standard InChI is InChI=1S/C9H15NO/c1-2-10-8-5-3-4-7(8)6-9(10)11/h7-8H,2-6H2,1H3. The van der Waals surface area contributed by atoms with Gasteiger partial charge in [-0.2, -0.15) is 0 Å². The van der Waals surface area contributed by atoms with Crippen LogP contribution in [-0.4, -0.2) is 23.4 Å². The first kappa shape index (κ1) is 7.14. The van der Waals surface area contributed by atoms with Crippen LogP contribution in [0.3, 0.4) is 0 Å². The maximum absolute atomic E-state index is 11.3. The lowest BCUT2D eigenvalue weighted by molar-refractivity contribution is -0.128. The first-order valence-corrected chi connectivity index (χ1v) is 4.62. The average Bonchev–Trinajstić information content (AvgIpc) is 2.46. The average molecular weight is 153 g/mol. The Morgan fingerprint density at radius 3 is 3.09 bits per heavy atom. The van der Waals surface area contributed by atoms with Crippen LogP contribution in [0.25, 0.3) is 0 Å². The molecule has 1 saturated carbocycles. The van der Waals surface area contributed by atoms with Gasteiger partial charge in [0.15, 0.2) is 0 Å². The van der Waals surface area contributed by atoms with E-state index in [1.165, 1.54) is 19.3 Å². The summed E-state index contributed by atoms with van der Waals surface area (Å²) < 4.78 is 0. The second-order valence-corrected chi connectivity index (χ2v) is 3.64. The van der Waals surface area contributed by atoms with Crippen molar-refractivity contribution >= 4 is 5.91 Å². The highest BCUT2D eigenvalue weighted by molar-refractivity contribution is 5.79. The van der Waals surface area contributed by atoms with Gasteiger partial charge in [-0.15, -0.1) is 0 Å². The molecular weight excluding hydrogens is 138 g/mol. The molecule has 0 bridgehead atoms. The number of hydrogen-bond acceptors (Lipinski definition) is 1. The fourth-order valence-corrected chi connectivity index (χ4v) is 2.60. The van der Waals surface area contributed by atoms with Crippen LogP contribution in [0.4, 0.5) is 0 Å². The third kappa shape index (κ3) is 0.959. The quantitative estimate of drug-likeness (QED) is 0.557. The molecule has 0 N–H and O–H groups in total. The maximum Gasteiger partial charge on any atom is 0.223 e. The van der Waals surface area contributed by atoms with Crippen molar-refractivity contribution in [2.24, 2.45) is 5.92 Å². The topological polar surface area (TPSA) is 20.3 Å². The summed E-state index contributed by atoms with van der Waals surface area (Å²) in [4.78, 5) is 13.4. The number of rotatable bonds is 1. The van der Waals surface area contributed by atoms with Gasteiger partial charge in [0.05, 0.1) is 0 Å². The Morgan fingerprint density at radius 1 is 1.55 bits per heavy atom. The van der Waals surface area contributed by atoms with Gasteiger partial charge in [0.2, 0.25) is 5.91 Å². The first-order valence-electron chi connectivity index (χ1n) is 4.62. The van der Waals surface area contributed by atoms with Crippen LogP contribution in [0.2, 0.25) is 0 Å². The Bertz CT molecular complexity index is 178. The van der Waals surface area contributed by atoms with Crippen molar-refractivity contribution in [3.8, 4) is 0 Å². The summed E-state index contributed by atoms with van der Waals surface area (Å²) in [6.45, 7) is 3.00. The third-order valence-corrected chi connectivity index (χ3v) is 3.12. The molecule has 2 unspecified atom stereocenters. The van der Waals surface area contributed by atoms with Crippen molar-refractivity contribution in [2.45, 2.75) is 38.6 Å². The maximum atomic E-state index is 11.3. The molecule has 0 aromatic heterocycles. The number of likely N-dealkylation sites (tertiary alicyclic amines) is 1. The number of fused-ring (bicyclic) bond motifs is 1. The van der Waals surface area contributed by atoms with E-state index >= 15 is 0 Å². The van der Waals surface area contributed by atoms with Crippen molar-refractivity contribution in [1.82, 2.24) is 4.90 Å². The zero-order chi connectivity index (χ0) is 7.84. The Labute approximate surface area is 67.6 Å². The lowest BCUT2D eigenvalue weighted by Crippen LogP contribution is -2.32. The summed E-state index contributed by atoms with van der Waals surface area (Å²) in [5.41, 5.74) is 0. The molecule has 2 fully saturated rings. The van der Waals surface area contributed by atoms with Crippen molar-refractivity contribution in [1.29, 1.82) is 0 Å². The molecule has 0 radical (unpaired) electrons. The molecule has 1 saturated heterocycles. The molecule has 2 atom stereocenters. The number of nitrogens with zero attached hydrogens (tertiary/aromatic N) is 1. The molecule has 0 aromatic carbocycles. The summed E-state index contributed by atoms with van der Waals surface area (Å²) in [5.74, 6) is 1.10. The predicted octanol–water partition coefficient (Wildman–Crippen LogP) is 1.41. The van der Waals surface area contributed by atoms with Crippen LogP contribution in [-0.2, 0) is 4.79 Å². The van der Waals surface area contributed by atoms with Crippen LogP contribution in [0.1, 0.15) is 32.6 Å². The minimum Gasteiger partial charge on any atom is -0.340 e. The summed E-state index contributed by atoms with van der Waals surface area (Å²) in [6, 6.07) is 0.618. The second-order valence-electron chi connectivity index (χ2n) is 3.64. The van der Waals surface area contributed by atoms with Crippen LogP contribution < -0.4 is 0 Å². The van der Waals surface area contributed by atoms with Crippen LogP contribution >= 0.6 is 0 Å². The number of carbonyl (C=O) groups is 1. The molecule has 0 spiro atoms. The van der Waals surface area contributed by atoms with E-state index in [0.717, 1.165) is 13.0 Å². The first-order chi connectivity index (χ1) is 5.33. The van der Waals surface area contributed by atoms with Crippen LogP contribution in [0.15, 0.2) is 0 Å². The Hall–Kier alpha value is -0.530. The van der Waals surface area contributed by atoms with Gasteiger partial charge in [-0.25, -0.2) is 0 Å². The van der Waals surface area contributed by atoms with Gasteiger partial charge >= 0.3 is 0 Å². The van der Waals surface area contributed by atoms with E-state index < -0.39 is 0 Å². The molecule has 0 aromatic rings. The van der Waals surface area contributed by atoms with Gasteiger partial charge in [0.25, 0.3) is 0 Å². The molecule has 62 valence electrons. The molecule has 1 aliphatic heterocycles. The van der Waals surface area contributed by atoms with Crippen LogP contribution in [0, 0.1) is 5.92 Å². The summed E-state index contributed by atoms with van der Waals surface area (Å²) in [7, 11) is 0. The van der Waals surface area contributed by atoms with E-state index in [9.17, 15) is 4.79 Å². The molecule has 1 aliphatic carbocycles. The molecule has 2 nitrogen and oxygen atoms in total. The number of carbonyl (C=O) groups excluding carboxylic acids is 1. The van der Waals surface area contributed by atoms with Gasteiger partial charge in [-0.1, -0.05) is 6.42 Å². The van der Waals surface area contributed by atoms with Crippen molar-refractivity contribution in [2.75, 3.05) is 6.54 Å². The van der Waals surface area contributed by atoms with Gasteiger partial charge in [0, 0.05) is 19.0 Å². The van der Waals surface area contributed by atoms with Crippen molar-refractivity contribution < 1.29 is 4.79 Å². The van der Waals surface area contributed by atoms with Gasteiger partial charge < -0.3 is 4.90 Å². The van der Waals surface area contributed by atoms with E-state index in [-0.39, 0.29) is 0 Å². The molecule has 1 amide bonds. The summed E-state index contributed by atoms with van der Waals surface area (Å²) in [5, 5.41) is 0. The van der Waals surface area contributed by atoms with E-state index in [4.69, 9.17) is 0 Å². The van der Waals surface area contributed by atoms with Crippen molar-refractivity contribution in [3.63, 3.8) is 0 Å². The summed E-state index contributed by atoms with van der Waals surface area (Å²) >= 11 is 0. The Balaban J connectivity index is 2.13. The minimum atomic E-state index is 0.391. The number of hydrogen-bond donors (Lipinski definition) is 0. The molecule has 1 heterocycles. The zero-order valence-electron chi connectivity index (χ0n) is 7.05. The fraction of sp³-hybridized carbons (Fsp3) is 0.889. The largest absolute Gasteiger partial charge is 0.340 e. The van der Waals surface area contributed by atoms with Crippen molar-refractivity contribution in [3.05, 3.63) is 0 Å². The highest BCUT2D eigenvalue weighted by Crippen LogP contribution is 2.37. The normalized spacial score (nSPS) is 36.5. The molecule has 2 heteroatoms. The fourth-order valence-electron chi connectivity index (χ4n) is 2.60. The second kappa shape index (κ2) is 2.50. The highest BCUT2D eigenvalue weighted by Gasteiger charge is 2.41. The van der Waals surface area contributed by atoms with E-state index in [1.807, 2.05) is 0 Å². The van der Waals surface area contributed by atoms with Gasteiger partial charge in [-0.3, -0.25) is 4.79 Å². The van der Waals surface area contributed by atoms with Crippen LogP contribution in [0.5, 0.6) is 0 Å². The SMILES string of the molecule is CCN1C(=O)CC2CCCC21. The third-order valence-electron chi connectivity index (χ3n) is 3.12. The Kier molecular flexibility index (Phi) is 1.63. The van der Waals surface area contributed by atoms with Gasteiger partial charge in [0.1, 0.15) is 0 Å². The highest BCUT2D eigenvalue weighted by atomic mass is 16.2. The Morgan fingerprint density at radius 2 is 2.36 bits per heavy atom. The lowest BCUT2D eigenvalue weighted by Gasteiger charge is -2.21. The molecule has 2 aliphatic rings. The number of amides is 1. The molecular formula is C9H15NO. The minimum absolute atomic E-state index is 0.391. The van der Waals surface area contributed by atoms with E-state index in [1.54, 1.807) is 0 Å². The summed E-state index contributed by atoms with van der Waals surface area (Å²) in [6.07, 6.45) is 4.70. The zero-order valence-corrected chi connectivity index (χ0v) is 7.05. The lowest BCUT2D eigenvalue weighted by atomic mass is 10.0. The molecule has 11 heavy (non-hydrogen) atoms. The molecule has 2 rings (SSSR count). The van der Waals surface area contributed by atoms with E-state index in [2.05, 4.69) is 11.8 Å². The van der Waals surface area contributed by atoms with Gasteiger partial charge in [-0.05, 0) is 25.7 Å². The smallest absolute Gasteiger partial charge is 0.223 e. The monoisotopic (exact) mass is 153 g/mol. The van der Waals surface area contributed by atoms with E-state index in [0.29, 0.717) is 17.9 Å².